The van der Waals surface area contributed by atoms with Crippen LogP contribution in [0.3, 0.4) is 0 Å². The first kappa shape index (κ1) is 12.4. The number of carbonyl (C=O) groups excluding carboxylic acids is 1. The third kappa shape index (κ3) is 2.70. The summed E-state index contributed by atoms with van der Waals surface area (Å²) >= 11 is 1.21. The summed E-state index contributed by atoms with van der Waals surface area (Å²) in [6.07, 6.45) is 3.36. The lowest BCUT2D eigenvalue weighted by Crippen LogP contribution is -2.31. The molecule has 86 valence electrons. The van der Waals surface area contributed by atoms with Crippen molar-refractivity contribution in [1.82, 2.24) is 9.88 Å². The van der Waals surface area contributed by atoms with E-state index < -0.39 is 0 Å². The molecule has 1 heterocycles. The molecule has 0 saturated carbocycles. The highest BCUT2D eigenvalue weighted by molar-refractivity contribution is 7.17. The molecule has 0 saturated heterocycles. The molecule has 0 radical (unpaired) electrons. The zero-order valence-electron chi connectivity index (χ0n) is 9.27. The standard InChI is InChI=1S/C11H15N3OS/c1-4-6-14(7-5-2)10(15)9-8(3)13-11(12)16-9/h4-5H,1-2,6-7H2,3H3,(H2,12,13). The molecule has 0 aliphatic heterocycles. The van der Waals surface area contributed by atoms with E-state index in [2.05, 4.69) is 18.1 Å². The highest BCUT2D eigenvalue weighted by atomic mass is 32.1. The van der Waals surface area contributed by atoms with Crippen molar-refractivity contribution < 1.29 is 4.79 Å². The van der Waals surface area contributed by atoms with Gasteiger partial charge in [0.1, 0.15) is 4.88 Å². The van der Waals surface area contributed by atoms with E-state index in [4.69, 9.17) is 5.73 Å². The Kier molecular flexibility index (Phi) is 4.25. The van der Waals surface area contributed by atoms with Crippen LogP contribution in [0.2, 0.25) is 0 Å². The largest absolute Gasteiger partial charge is 0.375 e. The van der Waals surface area contributed by atoms with Gasteiger partial charge in [-0.1, -0.05) is 23.5 Å². The molecule has 0 unspecified atom stereocenters. The normalized spacial score (nSPS) is 9.81. The van der Waals surface area contributed by atoms with E-state index in [1.165, 1.54) is 11.3 Å². The molecule has 1 rings (SSSR count). The van der Waals surface area contributed by atoms with Crippen LogP contribution in [0.15, 0.2) is 25.3 Å². The summed E-state index contributed by atoms with van der Waals surface area (Å²) in [5, 5.41) is 0.415. The summed E-state index contributed by atoms with van der Waals surface area (Å²) in [5.74, 6) is -0.0773. The van der Waals surface area contributed by atoms with Gasteiger partial charge in [-0.05, 0) is 6.92 Å². The molecule has 0 aliphatic rings. The Bertz CT molecular complexity index is 401. The lowest BCUT2D eigenvalue weighted by Gasteiger charge is -2.18. The monoisotopic (exact) mass is 237 g/mol. The molecule has 0 atom stereocenters. The van der Waals surface area contributed by atoms with Crippen LogP contribution in [0.25, 0.3) is 0 Å². The van der Waals surface area contributed by atoms with E-state index >= 15 is 0 Å². The minimum atomic E-state index is -0.0773. The van der Waals surface area contributed by atoms with E-state index in [0.717, 1.165) is 0 Å². The maximum Gasteiger partial charge on any atom is 0.266 e. The molecule has 16 heavy (non-hydrogen) atoms. The SMILES string of the molecule is C=CCN(CC=C)C(=O)c1sc(N)nc1C. The van der Waals surface area contributed by atoms with Crippen molar-refractivity contribution in [2.75, 3.05) is 18.8 Å². The number of hydrogen-bond donors (Lipinski definition) is 1. The Morgan fingerprint density at radius 3 is 2.44 bits per heavy atom. The topological polar surface area (TPSA) is 59.2 Å². The van der Waals surface area contributed by atoms with Gasteiger partial charge in [0.25, 0.3) is 5.91 Å². The molecule has 0 spiro atoms. The zero-order valence-corrected chi connectivity index (χ0v) is 10.1. The summed E-state index contributed by atoms with van der Waals surface area (Å²) in [4.78, 5) is 18.4. The molecule has 1 amide bonds. The molecule has 0 aromatic carbocycles. The number of nitrogens with zero attached hydrogens (tertiary/aromatic N) is 2. The maximum absolute atomic E-state index is 12.1. The van der Waals surface area contributed by atoms with Gasteiger partial charge < -0.3 is 10.6 Å². The number of carbonyl (C=O) groups is 1. The Labute approximate surface area is 99.1 Å². The number of thiazole rings is 1. The Morgan fingerprint density at radius 2 is 2.06 bits per heavy atom. The molecule has 4 nitrogen and oxygen atoms in total. The second kappa shape index (κ2) is 5.46. The quantitative estimate of drug-likeness (QED) is 0.795. The van der Waals surface area contributed by atoms with Gasteiger partial charge in [-0.15, -0.1) is 13.2 Å². The van der Waals surface area contributed by atoms with Crippen LogP contribution in [0, 0.1) is 6.92 Å². The van der Waals surface area contributed by atoms with Crippen molar-refractivity contribution in [2.45, 2.75) is 6.92 Å². The first-order valence-electron chi connectivity index (χ1n) is 4.84. The van der Waals surface area contributed by atoms with Crippen molar-refractivity contribution in [2.24, 2.45) is 0 Å². The van der Waals surface area contributed by atoms with Gasteiger partial charge in [0, 0.05) is 13.1 Å². The molecular weight excluding hydrogens is 222 g/mol. The van der Waals surface area contributed by atoms with Gasteiger partial charge in [-0.3, -0.25) is 4.79 Å². The van der Waals surface area contributed by atoms with E-state index in [0.29, 0.717) is 28.8 Å². The second-order valence-electron chi connectivity index (χ2n) is 3.25. The lowest BCUT2D eigenvalue weighted by atomic mass is 10.3. The Morgan fingerprint density at radius 1 is 1.50 bits per heavy atom. The molecule has 0 bridgehead atoms. The summed E-state index contributed by atoms with van der Waals surface area (Å²) in [7, 11) is 0. The third-order valence-electron chi connectivity index (χ3n) is 1.99. The molecular formula is C11H15N3OS. The van der Waals surface area contributed by atoms with Gasteiger partial charge in [0.05, 0.1) is 5.69 Å². The van der Waals surface area contributed by atoms with Crippen LogP contribution in [-0.4, -0.2) is 28.9 Å². The van der Waals surface area contributed by atoms with Crippen LogP contribution >= 0.6 is 11.3 Å². The predicted molar refractivity (Wildman–Crippen MR) is 67.6 cm³/mol. The highest BCUT2D eigenvalue weighted by Crippen LogP contribution is 2.21. The number of amides is 1. The van der Waals surface area contributed by atoms with Crippen molar-refractivity contribution in [1.29, 1.82) is 0 Å². The predicted octanol–water partition coefficient (Wildman–Crippen LogP) is 1.85. The van der Waals surface area contributed by atoms with Crippen LogP contribution in [-0.2, 0) is 0 Å². The van der Waals surface area contributed by atoms with Crippen molar-refractivity contribution >= 4 is 22.4 Å². The zero-order chi connectivity index (χ0) is 12.1. The molecule has 0 fully saturated rings. The van der Waals surface area contributed by atoms with Crippen LogP contribution in [0.5, 0.6) is 0 Å². The first-order valence-corrected chi connectivity index (χ1v) is 5.65. The van der Waals surface area contributed by atoms with Gasteiger partial charge in [0.15, 0.2) is 5.13 Å². The Balaban J connectivity index is 2.93. The maximum atomic E-state index is 12.1. The van der Waals surface area contributed by atoms with Crippen molar-refractivity contribution in [3.05, 3.63) is 35.9 Å². The van der Waals surface area contributed by atoms with Gasteiger partial charge >= 0.3 is 0 Å². The molecule has 1 aromatic heterocycles. The number of aromatic nitrogens is 1. The summed E-state index contributed by atoms with van der Waals surface area (Å²) in [6.45, 7) is 10.00. The molecule has 1 aromatic rings. The average Bonchev–Trinajstić information content (AvgIpc) is 2.56. The first-order chi connectivity index (χ1) is 7.60. The molecule has 2 N–H and O–H groups in total. The fraction of sp³-hybridized carbons (Fsp3) is 0.273. The fourth-order valence-corrected chi connectivity index (χ4v) is 2.11. The van der Waals surface area contributed by atoms with Crippen molar-refractivity contribution in [3.63, 3.8) is 0 Å². The summed E-state index contributed by atoms with van der Waals surface area (Å²) < 4.78 is 0. The summed E-state index contributed by atoms with van der Waals surface area (Å²) in [5.41, 5.74) is 6.23. The minimum absolute atomic E-state index is 0.0773. The third-order valence-corrected chi connectivity index (χ3v) is 2.97. The van der Waals surface area contributed by atoms with Crippen molar-refractivity contribution in [3.8, 4) is 0 Å². The second-order valence-corrected chi connectivity index (χ2v) is 4.28. The van der Waals surface area contributed by atoms with E-state index in [1.807, 2.05) is 0 Å². The van der Waals surface area contributed by atoms with Gasteiger partial charge in [-0.25, -0.2) is 4.98 Å². The van der Waals surface area contributed by atoms with E-state index in [1.54, 1.807) is 24.0 Å². The average molecular weight is 237 g/mol. The summed E-state index contributed by atoms with van der Waals surface area (Å²) in [6, 6.07) is 0. The lowest BCUT2D eigenvalue weighted by molar-refractivity contribution is 0.0794. The fourth-order valence-electron chi connectivity index (χ4n) is 1.31. The van der Waals surface area contributed by atoms with Crippen LogP contribution < -0.4 is 5.73 Å². The minimum Gasteiger partial charge on any atom is -0.375 e. The van der Waals surface area contributed by atoms with E-state index in [9.17, 15) is 4.79 Å². The van der Waals surface area contributed by atoms with Crippen LogP contribution in [0.4, 0.5) is 5.13 Å². The van der Waals surface area contributed by atoms with Crippen LogP contribution in [0.1, 0.15) is 15.4 Å². The smallest absolute Gasteiger partial charge is 0.266 e. The molecule has 5 heteroatoms. The van der Waals surface area contributed by atoms with E-state index in [-0.39, 0.29) is 5.91 Å². The number of anilines is 1. The molecule has 0 aliphatic carbocycles. The number of rotatable bonds is 5. The number of nitrogens with two attached hydrogens (primary N) is 1. The van der Waals surface area contributed by atoms with Gasteiger partial charge in [-0.2, -0.15) is 0 Å². The number of hydrogen-bond acceptors (Lipinski definition) is 4. The Hall–Kier alpha value is -1.62. The highest BCUT2D eigenvalue weighted by Gasteiger charge is 2.19. The van der Waals surface area contributed by atoms with Gasteiger partial charge in [0.2, 0.25) is 0 Å². The number of aryl methyl sites for hydroxylation is 1. The number of nitrogen functional groups attached to an aromatic ring is 1.